The van der Waals surface area contributed by atoms with E-state index in [4.69, 9.17) is 28.6 Å². The molecule has 1 aromatic rings. The highest BCUT2D eigenvalue weighted by molar-refractivity contribution is 7.80. The smallest absolute Gasteiger partial charge is 0.339 e. The van der Waals surface area contributed by atoms with E-state index in [0.717, 1.165) is 17.5 Å². The Morgan fingerprint density at radius 3 is 2.87 bits per heavy atom. The van der Waals surface area contributed by atoms with E-state index < -0.39 is 5.97 Å². The third kappa shape index (κ3) is 3.78. The second kappa shape index (κ2) is 7.05. The van der Waals surface area contributed by atoms with Crippen molar-refractivity contribution in [2.45, 2.75) is 38.6 Å². The van der Waals surface area contributed by atoms with Gasteiger partial charge >= 0.3 is 5.97 Å². The molecule has 3 atom stereocenters. The molecule has 1 aromatic carbocycles. The van der Waals surface area contributed by atoms with Crippen LogP contribution in [-0.2, 0) is 4.74 Å². The molecule has 23 heavy (non-hydrogen) atoms. The van der Waals surface area contributed by atoms with Crippen LogP contribution in [0.2, 0.25) is 5.02 Å². The van der Waals surface area contributed by atoms with Crippen LogP contribution in [0.4, 0.5) is 5.69 Å². The monoisotopic (exact) mass is 352 g/mol. The van der Waals surface area contributed by atoms with Crippen molar-refractivity contribution >= 4 is 40.6 Å². The third-order valence-corrected chi connectivity index (χ3v) is 5.32. The van der Waals surface area contributed by atoms with Gasteiger partial charge < -0.3 is 15.4 Å². The Hall–Kier alpha value is -1.33. The molecule has 2 fully saturated rings. The Bertz CT molecular complexity index is 623. The maximum absolute atomic E-state index is 11.9. The first-order valence-corrected chi connectivity index (χ1v) is 8.89. The van der Waals surface area contributed by atoms with E-state index in [-0.39, 0.29) is 0 Å². The average molecular weight is 353 g/mol. The molecule has 0 unspecified atom stereocenters. The van der Waals surface area contributed by atoms with Crippen LogP contribution in [0.25, 0.3) is 0 Å². The summed E-state index contributed by atoms with van der Waals surface area (Å²) in [5.74, 6) is 1.19. The van der Waals surface area contributed by atoms with Crippen molar-refractivity contribution < 1.29 is 9.53 Å². The van der Waals surface area contributed by atoms with Gasteiger partial charge in [-0.05, 0) is 68.4 Å². The van der Waals surface area contributed by atoms with Crippen molar-refractivity contribution in [3.8, 4) is 0 Å². The van der Waals surface area contributed by atoms with Gasteiger partial charge in [-0.25, -0.2) is 4.79 Å². The van der Waals surface area contributed by atoms with Gasteiger partial charge in [0.25, 0.3) is 0 Å². The SMILES string of the molecule is CCOC(=O)c1cc(NC(=S)N[C@@H]2C[C@@H]3CC[C@@H]2C3)ccc1Cl. The molecule has 124 valence electrons. The molecular weight excluding hydrogens is 332 g/mol. The van der Waals surface area contributed by atoms with Gasteiger partial charge in [0.1, 0.15) is 0 Å². The number of anilines is 1. The summed E-state index contributed by atoms with van der Waals surface area (Å²) in [5, 5.41) is 7.54. The highest BCUT2D eigenvalue weighted by Crippen LogP contribution is 2.44. The van der Waals surface area contributed by atoms with Crippen LogP contribution in [0.1, 0.15) is 43.0 Å². The summed E-state index contributed by atoms with van der Waals surface area (Å²) in [6.07, 6.45) is 5.21. The van der Waals surface area contributed by atoms with Gasteiger partial charge in [0.2, 0.25) is 0 Å². The van der Waals surface area contributed by atoms with Crippen LogP contribution in [0.5, 0.6) is 0 Å². The van der Waals surface area contributed by atoms with Crippen LogP contribution in [-0.4, -0.2) is 23.7 Å². The minimum atomic E-state index is -0.423. The lowest BCUT2D eigenvalue weighted by atomic mass is 9.96. The van der Waals surface area contributed by atoms with E-state index in [9.17, 15) is 4.79 Å². The van der Waals surface area contributed by atoms with Crippen molar-refractivity contribution in [2.24, 2.45) is 11.8 Å². The number of halogens is 1. The van der Waals surface area contributed by atoms with Gasteiger partial charge in [-0.15, -0.1) is 0 Å². The fourth-order valence-corrected chi connectivity index (χ4v) is 4.19. The van der Waals surface area contributed by atoms with Crippen LogP contribution in [0.3, 0.4) is 0 Å². The van der Waals surface area contributed by atoms with Crippen LogP contribution >= 0.6 is 23.8 Å². The molecule has 4 nitrogen and oxygen atoms in total. The topological polar surface area (TPSA) is 50.4 Å². The molecule has 2 N–H and O–H groups in total. The largest absolute Gasteiger partial charge is 0.462 e. The number of carbonyl (C=O) groups excluding carboxylic acids is 1. The van der Waals surface area contributed by atoms with Crippen molar-refractivity contribution in [3.63, 3.8) is 0 Å². The lowest BCUT2D eigenvalue weighted by Crippen LogP contribution is -2.40. The first-order chi connectivity index (χ1) is 11.1. The summed E-state index contributed by atoms with van der Waals surface area (Å²) in [6.45, 7) is 2.08. The Morgan fingerprint density at radius 2 is 2.22 bits per heavy atom. The van der Waals surface area contributed by atoms with Gasteiger partial charge in [0, 0.05) is 11.7 Å². The number of nitrogens with one attached hydrogen (secondary N) is 2. The zero-order valence-corrected chi connectivity index (χ0v) is 14.7. The van der Waals surface area contributed by atoms with E-state index in [1.807, 2.05) is 0 Å². The standard InChI is InChI=1S/C17H21ClN2O2S/c1-2-22-16(21)13-9-12(5-6-14(13)18)19-17(23)20-15-8-10-3-4-11(15)7-10/h5-6,9-11,15H,2-4,7-8H2,1H3,(H2,19,20,23)/t10-,11-,15-/m1/s1. The van der Waals surface area contributed by atoms with Gasteiger partial charge in [-0.3, -0.25) is 0 Å². The minimum absolute atomic E-state index is 0.316. The molecule has 0 aliphatic heterocycles. The number of carbonyl (C=O) groups is 1. The van der Waals surface area contributed by atoms with Gasteiger partial charge in [-0.2, -0.15) is 0 Å². The molecule has 3 rings (SSSR count). The summed E-state index contributed by atoms with van der Waals surface area (Å²) >= 11 is 11.5. The minimum Gasteiger partial charge on any atom is -0.462 e. The Morgan fingerprint density at radius 1 is 1.39 bits per heavy atom. The molecule has 0 saturated heterocycles. The van der Waals surface area contributed by atoms with Crippen molar-refractivity contribution in [1.82, 2.24) is 5.32 Å². The molecule has 2 saturated carbocycles. The van der Waals surface area contributed by atoms with E-state index >= 15 is 0 Å². The second-order valence-corrected chi connectivity index (χ2v) is 7.11. The maximum atomic E-state index is 11.9. The number of fused-ring (bicyclic) bond motifs is 2. The Labute approximate surface area is 146 Å². The molecule has 0 aromatic heterocycles. The van der Waals surface area contributed by atoms with Crippen molar-refractivity contribution in [2.75, 3.05) is 11.9 Å². The normalized spacial score (nSPS) is 25.2. The average Bonchev–Trinajstić information content (AvgIpc) is 3.12. The number of esters is 1. The van der Waals surface area contributed by atoms with Gasteiger partial charge in [0.15, 0.2) is 5.11 Å². The van der Waals surface area contributed by atoms with E-state index in [0.29, 0.717) is 28.3 Å². The maximum Gasteiger partial charge on any atom is 0.339 e. The zero-order valence-electron chi connectivity index (χ0n) is 13.1. The molecule has 0 heterocycles. The number of thiocarbonyl (C=S) groups is 1. The summed E-state index contributed by atoms with van der Waals surface area (Å²) in [5.41, 5.74) is 1.08. The quantitative estimate of drug-likeness (QED) is 0.633. The lowest BCUT2D eigenvalue weighted by Gasteiger charge is -2.24. The summed E-state index contributed by atoms with van der Waals surface area (Å²) in [7, 11) is 0. The lowest BCUT2D eigenvalue weighted by molar-refractivity contribution is 0.0526. The summed E-state index contributed by atoms with van der Waals surface area (Å²) in [6, 6.07) is 5.64. The van der Waals surface area contributed by atoms with Crippen LogP contribution in [0.15, 0.2) is 18.2 Å². The fourth-order valence-electron chi connectivity index (χ4n) is 3.73. The zero-order chi connectivity index (χ0) is 16.4. The van der Waals surface area contributed by atoms with E-state index in [1.54, 1.807) is 25.1 Å². The first kappa shape index (κ1) is 16.5. The molecule has 0 radical (unpaired) electrons. The second-order valence-electron chi connectivity index (χ2n) is 6.29. The summed E-state index contributed by atoms with van der Waals surface area (Å²) < 4.78 is 5.01. The molecular formula is C17H21ClN2O2S. The predicted molar refractivity (Wildman–Crippen MR) is 96.0 cm³/mol. The fraction of sp³-hybridized carbons (Fsp3) is 0.529. The third-order valence-electron chi connectivity index (χ3n) is 4.77. The molecule has 6 heteroatoms. The van der Waals surface area contributed by atoms with Crippen LogP contribution < -0.4 is 10.6 Å². The van der Waals surface area contributed by atoms with Gasteiger partial charge in [-0.1, -0.05) is 18.0 Å². The predicted octanol–water partition coefficient (Wildman–Crippen LogP) is 3.99. The molecule has 2 aliphatic carbocycles. The van der Waals surface area contributed by atoms with E-state index in [1.165, 1.54) is 25.7 Å². The van der Waals surface area contributed by atoms with Gasteiger partial charge in [0.05, 0.1) is 17.2 Å². The van der Waals surface area contributed by atoms with Crippen molar-refractivity contribution in [1.29, 1.82) is 0 Å². The number of ether oxygens (including phenoxy) is 1. The molecule has 2 bridgehead atoms. The number of rotatable bonds is 4. The highest BCUT2D eigenvalue weighted by Gasteiger charge is 2.39. The number of benzene rings is 1. The molecule has 2 aliphatic rings. The Balaban J connectivity index is 1.62. The highest BCUT2D eigenvalue weighted by atomic mass is 35.5. The van der Waals surface area contributed by atoms with E-state index in [2.05, 4.69) is 10.6 Å². The number of hydrogen-bond donors (Lipinski definition) is 2. The summed E-state index contributed by atoms with van der Waals surface area (Å²) in [4.78, 5) is 11.9. The number of hydrogen-bond acceptors (Lipinski definition) is 3. The van der Waals surface area contributed by atoms with Crippen molar-refractivity contribution in [3.05, 3.63) is 28.8 Å². The first-order valence-electron chi connectivity index (χ1n) is 8.11. The molecule has 0 amide bonds. The molecule has 0 spiro atoms. The Kier molecular flexibility index (Phi) is 5.07. The van der Waals surface area contributed by atoms with Crippen LogP contribution in [0, 0.1) is 11.8 Å².